The third-order valence-corrected chi connectivity index (χ3v) is 3.06. The van der Waals surface area contributed by atoms with Crippen molar-refractivity contribution in [2.24, 2.45) is 5.92 Å². The van der Waals surface area contributed by atoms with Gasteiger partial charge < -0.3 is 5.32 Å². The highest BCUT2D eigenvalue weighted by molar-refractivity contribution is 4.87. The second-order valence-corrected chi connectivity index (χ2v) is 5.37. The van der Waals surface area contributed by atoms with Crippen molar-refractivity contribution in [1.82, 2.24) is 10.2 Å². The molecule has 0 aromatic rings. The van der Waals surface area contributed by atoms with Gasteiger partial charge in [0, 0.05) is 18.6 Å². The Morgan fingerprint density at radius 1 is 1.20 bits per heavy atom. The Balaban J connectivity index is 2.19. The largest absolute Gasteiger partial charge is 0.315 e. The molecule has 1 fully saturated rings. The molecule has 0 bridgehead atoms. The van der Waals surface area contributed by atoms with Gasteiger partial charge in [-0.1, -0.05) is 20.8 Å². The molecule has 15 heavy (non-hydrogen) atoms. The lowest BCUT2D eigenvalue weighted by molar-refractivity contribution is 0.193. The summed E-state index contributed by atoms with van der Waals surface area (Å²) < 4.78 is 0. The summed E-state index contributed by atoms with van der Waals surface area (Å²) in [6.45, 7) is 12.7. The second-order valence-electron chi connectivity index (χ2n) is 5.37. The highest BCUT2D eigenvalue weighted by Crippen LogP contribution is 2.28. The van der Waals surface area contributed by atoms with Crippen LogP contribution in [0.25, 0.3) is 0 Å². The Labute approximate surface area is 95.4 Å². The van der Waals surface area contributed by atoms with Gasteiger partial charge in [0.2, 0.25) is 0 Å². The SMILES string of the molecule is CCCN(C(C)CNCC(C)C)C1CC1. The van der Waals surface area contributed by atoms with Crippen molar-refractivity contribution in [2.45, 2.75) is 59.0 Å². The zero-order valence-corrected chi connectivity index (χ0v) is 10.9. The number of hydrogen-bond donors (Lipinski definition) is 1. The lowest BCUT2D eigenvalue weighted by atomic mass is 10.2. The van der Waals surface area contributed by atoms with Crippen LogP contribution in [0.1, 0.15) is 47.0 Å². The lowest BCUT2D eigenvalue weighted by Gasteiger charge is -2.29. The molecule has 0 saturated heterocycles. The molecule has 1 unspecified atom stereocenters. The average molecular weight is 212 g/mol. The van der Waals surface area contributed by atoms with Crippen LogP contribution >= 0.6 is 0 Å². The minimum atomic E-state index is 0.705. The molecule has 1 aliphatic rings. The predicted octanol–water partition coefficient (Wildman–Crippen LogP) is 2.49. The molecule has 2 nitrogen and oxygen atoms in total. The number of rotatable bonds is 8. The van der Waals surface area contributed by atoms with Crippen LogP contribution in [0.15, 0.2) is 0 Å². The molecule has 0 aromatic heterocycles. The van der Waals surface area contributed by atoms with Gasteiger partial charge in [-0.2, -0.15) is 0 Å². The van der Waals surface area contributed by atoms with Gasteiger partial charge in [0.05, 0.1) is 0 Å². The normalized spacial score (nSPS) is 18.8. The van der Waals surface area contributed by atoms with Gasteiger partial charge in [-0.3, -0.25) is 4.90 Å². The Morgan fingerprint density at radius 2 is 1.87 bits per heavy atom. The zero-order valence-electron chi connectivity index (χ0n) is 10.9. The van der Waals surface area contributed by atoms with E-state index in [1.807, 2.05) is 0 Å². The number of nitrogens with one attached hydrogen (secondary N) is 1. The van der Waals surface area contributed by atoms with Gasteiger partial charge in [0.15, 0.2) is 0 Å². The topological polar surface area (TPSA) is 15.3 Å². The molecule has 1 aliphatic carbocycles. The third kappa shape index (κ3) is 4.98. The molecule has 0 amide bonds. The smallest absolute Gasteiger partial charge is 0.0195 e. The van der Waals surface area contributed by atoms with Crippen molar-refractivity contribution >= 4 is 0 Å². The number of hydrogen-bond acceptors (Lipinski definition) is 2. The van der Waals surface area contributed by atoms with Gasteiger partial charge in [0.1, 0.15) is 0 Å². The quantitative estimate of drug-likeness (QED) is 0.665. The number of nitrogens with zero attached hydrogens (tertiary/aromatic N) is 1. The molecule has 90 valence electrons. The standard InChI is InChI=1S/C13H28N2/c1-5-8-15(13-6-7-13)12(4)10-14-9-11(2)3/h11-14H,5-10H2,1-4H3. The molecule has 0 spiro atoms. The minimum absolute atomic E-state index is 0.705. The van der Waals surface area contributed by atoms with Crippen LogP contribution in [0, 0.1) is 5.92 Å². The van der Waals surface area contributed by atoms with Crippen molar-refractivity contribution in [1.29, 1.82) is 0 Å². The van der Waals surface area contributed by atoms with Gasteiger partial charge in [-0.05, 0) is 45.2 Å². The first-order valence-electron chi connectivity index (χ1n) is 6.61. The van der Waals surface area contributed by atoms with Crippen LogP contribution in [0.4, 0.5) is 0 Å². The fourth-order valence-electron chi connectivity index (χ4n) is 2.13. The van der Waals surface area contributed by atoms with Gasteiger partial charge in [-0.15, -0.1) is 0 Å². The molecule has 0 aliphatic heterocycles. The van der Waals surface area contributed by atoms with E-state index < -0.39 is 0 Å². The van der Waals surface area contributed by atoms with E-state index in [1.165, 1.54) is 25.8 Å². The molecule has 0 aromatic carbocycles. The van der Waals surface area contributed by atoms with Crippen LogP contribution in [0.3, 0.4) is 0 Å². The van der Waals surface area contributed by atoms with Crippen LogP contribution in [0.2, 0.25) is 0 Å². The van der Waals surface area contributed by atoms with E-state index in [2.05, 4.69) is 37.9 Å². The van der Waals surface area contributed by atoms with E-state index in [9.17, 15) is 0 Å². The van der Waals surface area contributed by atoms with Crippen molar-refractivity contribution in [2.75, 3.05) is 19.6 Å². The van der Waals surface area contributed by atoms with Crippen molar-refractivity contribution in [3.8, 4) is 0 Å². The van der Waals surface area contributed by atoms with Crippen molar-refractivity contribution in [3.05, 3.63) is 0 Å². The molecule has 0 radical (unpaired) electrons. The third-order valence-electron chi connectivity index (χ3n) is 3.06. The van der Waals surface area contributed by atoms with E-state index in [-0.39, 0.29) is 0 Å². The molecule has 2 heteroatoms. The monoisotopic (exact) mass is 212 g/mol. The van der Waals surface area contributed by atoms with Crippen LogP contribution in [0.5, 0.6) is 0 Å². The summed E-state index contributed by atoms with van der Waals surface area (Å²) in [5.74, 6) is 0.762. The summed E-state index contributed by atoms with van der Waals surface area (Å²) in [5, 5.41) is 3.56. The van der Waals surface area contributed by atoms with Crippen LogP contribution < -0.4 is 5.32 Å². The minimum Gasteiger partial charge on any atom is -0.315 e. The summed E-state index contributed by atoms with van der Waals surface area (Å²) in [7, 11) is 0. The van der Waals surface area contributed by atoms with Crippen molar-refractivity contribution < 1.29 is 0 Å². The van der Waals surface area contributed by atoms with E-state index in [4.69, 9.17) is 0 Å². The summed E-state index contributed by atoms with van der Waals surface area (Å²) in [5.41, 5.74) is 0. The zero-order chi connectivity index (χ0) is 11.3. The average Bonchev–Trinajstić information content (AvgIpc) is 2.96. The Bertz CT molecular complexity index is 164. The van der Waals surface area contributed by atoms with Crippen molar-refractivity contribution in [3.63, 3.8) is 0 Å². The van der Waals surface area contributed by atoms with E-state index >= 15 is 0 Å². The van der Waals surface area contributed by atoms with E-state index in [0.29, 0.717) is 6.04 Å². The molecule has 0 heterocycles. The molecule has 1 atom stereocenters. The summed E-state index contributed by atoms with van der Waals surface area (Å²) in [6.07, 6.45) is 4.13. The maximum Gasteiger partial charge on any atom is 0.0195 e. The van der Waals surface area contributed by atoms with E-state index in [0.717, 1.165) is 25.0 Å². The summed E-state index contributed by atoms with van der Waals surface area (Å²) in [4.78, 5) is 2.69. The fourth-order valence-corrected chi connectivity index (χ4v) is 2.13. The second kappa shape index (κ2) is 6.49. The summed E-state index contributed by atoms with van der Waals surface area (Å²) in [6, 6.07) is 1.61. The molecular formula is C13H28N2. The van der Waals surface area contributed by atoms with E-state index in [1.54, 1.807) is 0 Å². The van der Waals surface area contributed by atoms with Crippen LogP contribution in [-0.4, -0.2) is 36.6 Å². The first-order chi connectivity index (χ1) is 7.15. The predicted molar refractivity (Wildman–Crippen MR) is 67.2 cm³/mol. The molecule has 1 saturated carbocycles. The van der Waals surface area contributed by atoms with Crippen LogP contribution in [-0.2, 0) is 0 Å². The molecule has 1 rings (SSSR count). The first kappa shape index (κ1) is 13.0. The molecule has 1 N–H and O–H groups in total. The van der Waals surface area contributed by atoms with Gasteiger partial charge in [0.25, 0.3) is 0 Å². The Hall–Kier alpha value is -0.0800. The van der Waals surface area contributed by atoms with Gasteiger partial charge >= 0.3 is 0 Å². The fraction of sp³-hybridized carbons (Fsp3) is 1.00. The summed E-state index contributed by atoms with van der Waals surface area (Å²) >= 11 is 0. The lowest BCUT2D eigenvalue weighted by Crippen LogP contribution is -2.42. The maximum atomic E-state index is 3.56. The Kier molecular flexibility index (Phi) is 5.62. The van der Waals surface area contributed by atoms with Gasteiger partial charge in [-0.25, -0.2) is 0 Å². The highest BCUT2D eigenvalue weighted by atomic mass is 15.2. The first-order valence-corrected chi connectivity index (χ1v) is 6.61. The molecular weight excluding hydrogens is 184 g/mol. The maximum absolute atomic E-state index is 3.56. The Morgan fingerprint density at radius 3 is 2.33 bits per heavy atom. The highest BCUT2D eigenvalue weighted by Gasteiger charge is 2.31.